The maximum Gasteiger partial charge on any atom is 0.325 e. The molecule has 8 heteroatoms. The molecule has 0 amide bonds. The summed E-state index contributed by atoms with van der Waals surface area (Å²) in [5, 5.41) is 9.01. The van der Waals surface area contributed by atoms with E-state index in [0.717, 1.165) is 19.3 Å². The molecule has 0 saturated carbocycles. The van der Waals surface area contributed by atoms with Crippen molar-refractivity contribution in [3.8, 4) is 0 Å². The van der Waals surface area contributed by atoms with Crippen LogP contribution in [0.2, 0.25) is 0 Å². The molecule has 0 radical (unpaired) electrons. The zero-order chi connectivity index (χ0) is 13.4. The van der Waals surface area contributed by atoms with Crippen molar-refractivity contribution in [2.24, 2.45) is 5.73 Å². The van der Waals surface area contributed by atoms with Gasteiger partial charge in [-0.2, -0.15) is 17.0 Å². The van der Waals surface area contributed by atoms with Crippen molar-refractivity contribution in [2.75, 3.05) is 26.2 Å². The molecule has 2 fully saturated rings. The highest BCUT2D eigenvalue weighted by Gasteiger charge is 2.46. The summed E-state index contributed by atoms with van der Waals surface area (Å²) in [4.78, 5) is 11.0. The first-order chi connectivity index (χ1) is 8.36. The topological polar surface area (TPSA) is 104 Å². The van der Waals surface area contributed by atoms with Gasteiger partial charge in [-0.05, 0) is 19.3 Å². The van der Waals surface area contributed by atoms with Gasteiger partial charge in [0.05, 0.1) is 0 Å². The van der Waals surface area contributed by atoms with Crippen molar-refractivity contribution in [3.63, 3.8) is 0 Å². The molecule has 18 heavy (non-hydrogen) atoms. The summed E-state index contributed by atoms with van der Waals surface area (Å²) in [6.45, 7) is 1.08. The van der Waals surface area contributed by atoms with Gasteiger partial charge in [-0.3, -0.25) is 4.79 Å². The van der Waals surface area contributed by atoms with Crippen LogP contribution in [-0.2, 0) is 15.0 Å². The van der Waals surface area contributed by atoms with Gasteiger partial charge < -0.3 is 10.8 Å². The summed E-state index contributed by atoms with van der Waals surface area (Å²) < 4.78 is 27.2. The first-order valence-electron chi connectivity index (χ1n) is 6.14. The van der Waals surface area contributed by atoms with Gasteiger partial charge in [-0.25, -0.2) is 0 Å². The SMILES string of the molecule is NC1(C(=O)O)CCN(S(=O)(=O)N2CCCCC2)C1. The molecule has 0 aromatic rings. The van der Waals surface area contributed by atoms with Crippen molar-refractivity contribution >= 4 is 16.2 Å². The molecule has 2 aliphatic rings. The Morgan fingerprint density at radius 3 is 2.22 bits per heavy atom. The van der Waals surface area contributed by atoms with Gasteiger partial charge in [0.2, 0.25) is 0 Å². The van der Waals surface area contributed by atoms with Crippen LogP contribution in [0.15, 0.2) is 0 Å². The number of hydrogen-bond donors (Lipinski definition) is 2. The van der Waals surface area contributed by atoms with E-state index in [9.17, 15) is 13.2 Å². The van der Waals surface area contributed by atoms with Gasteiger partial charge in [0.1, 0.15) is 5.54 Å². The highest BCUT2D eigenvalue weighted by molar-refractivity contribution is 7.86. The first kappa shape index (κ1) is 13.7. The quantitative estimate of drug-likeness (QED) is 0.703. The Bertz CT molecular complexity index is 432. The number of carboxylic acid groups (broad SMARTS) is 1. The Morgan fingerprint density at radius 1 is 1.11 bits per heavy atom. The number of nitrogens with zero attached hydrogens (tertiary/aromatic N) is 2. The highest BCUT2D eigenvalue weighted by Crippen LogP contribution is 2.25. The fourth-order valence-corrected chi connectivity index (χ4v) is 4.19. The molecule has 0 bridgehead atoms. The zero-order valence-electron chi connectivity index (χ0n) is 10.2. The number of hydrogen-bond acceptors (Lipinski definition) is 4. The Kier molecular flexibility index (Phi) is 3.63. The smallest absolute Gasteiger partial charge is 0.325 e. The van der Waals surface area contributed by atoms with E-state index in [1.165, 1.54) is 8.61 Å². The summed E-state index contributed by atoms with van der Waals surface area (Å²) in [5.74, 6) is -1.14. The van der Waals surface area contributed by atoms with Gasteiger partial charge in [0.15, 0.2) is 0 Å². The molecule has 2 heterocycles. The number of piperidine rings is 1. The average molecular weight is 277 g/mol. The summed E-state index contributed by atoms with van der Waals surface area (Å²) in [7, 11) is -3.54. The third kappa shape index (κ3) is 2.37. The van der Waals surface area contributed by atoms with Gasteiger partial charge in [0.25, 0.3) is 10.2 Å². The monoisotopic (exact) mass is 277 g/mol. The lowest BCUT2D eigenvalue weighted by molar-refractivity contribution is -0.142. The van der Waals surface area contributed by atoms with E-state index in [0.29, 0.717) is 13.1 Å². The van der Waals surface area contributed by atoms with E-state index >= 15 is 0 Å². The Hall–Kier alpha value is -0.700. The molecule has 2 aliphatic heterocycles. The van der Waals surface area contributed by atoms with Gasteiger partial charge in [-0.15, -0.1) is 0 Å². The minimum absolute atomic E-state index is 0.138. The van der Waals surface area contributed by atoms with E-state index in [1.807, 2.05) is 0 Å². The molecule has 0 aromatic heterocycles. The fourth-order valence-electron chi connectivity index (χ4n) is 2.43. The minimum Gasteiger partial charge on any atom is -0.480 e. The molecule has 2 rings (SSSR count). The molecule has 1 atom stereocenters. The maximum absolute atomic E-state index is 12.3. The molecule has 7 nitrogen and oxygen atoms in total. The van der Waals surface area contributed by atoms with Gasteiger partial charge in [-0.1, -0.05) is 6.42 Å². The number of carbonyl (C=O) groups is 1. The molecule has 104 valence electrons. The lowest BCUT2D eigenvalue weighted by Crippen LogP contribution is -2.52. The Morgan fingerprint density at radius 2 is 1.72 bits per heavy atom. The molecule has 2 saturated heterocycles. The van der Waals surface area contributed by atoms with E-state index in [-0.39, 0.29) is 19.5 Å². The number of nitrogens with two attached hydrogens (primary N) is 1. The zero-order valence-corrected chi connectivity index (χ0v) is 11.0. The standard InChI is InChI=1S/C10H19N3O4S/c11-10(9(14)15)4-7-13(8-10)18(16,17)12-5-2-1-3-6-12/h1-8,11H2,(H,14,15). The predicted octanol–water partition coefficient (Wildman–Crippen LogP) is -0.795. The first-order valence-corrected chi connectivity index (χ1v) is 7.53. The third-order valence-electron chi connectivity index (χ3n) is 3.66. The van der Waals surface area contributed by atoms with Crippen molar-refractivity contribution in [1.82, 2.24) is 8.61 Å². The highest BCUT2D eigenvalue weighted by atomic mass is 32.2. The predicted molar refractivity (Wildman–Crippen MR) is 65.1 cm³/mol. The van der Waals surface area contributed by atoms with Crippen LogP contribution in [-0.4, -0.2) is 59.8 Å². The lowest BCUT2D eigenvalue weighted by atomic mass is 10.0. The second-order valence-corrected chi connectivity index (χ2v) is 6.94. The minimum atomic E-state index is -3.54. The van der Waals surface area contributed by atoms with Crippen LogP contribution >= 0.6 is 0 Å². The number of aliphatic carboxylic acids is 1. The van der Waals surface area contributed by atoms with E-state index in [2.05, 4.69) is 0 Å². The van der Waals surface area contributed by atoms with Crippen molar-refractivity contribution < 1.29 is 18.3 Å². The summed E-state index contributed by atoms with van der Waals surface area (Å²) in [6, 6.07) is 0. The third-order valence-corrected chi connectivity index (χ3v) is 5.64. The van der Waals surface area contributed by atoms with Crippen LogP contribution in [0.25, 0.3) is 0 Å². The van der Waals surface area contributed by atoms with E-state index in [4.69, 9.17) is 10.8 Å². The maximum atomic E-state index is 12.3. The van der Waals surface area contributed by atoms with Crippen molar-refractivity contribution in [3.05, 3.63) is 0 Å². The molecule has 0 aromatic carbocycles. The van der Waals surface area contributed by atoms with Crippen LogP contribution in [0.4, 0.5) is 0 Å². The van der Waals surface area contributed by atoms with Gasteiger partial charge >= 0.3 is 5.97 Å². The average Bonchev–Trinajstić information content (AvgIpc) is 2.75. The molecular formula is C10H19N3O4S. The van der Waals surface area contributed by atoms with Crippen molar-refractivity contribution in [2.45, 2.75) is 31.2 Å². The second-order valence-electron chi connectivity index (χ2n) is 5.01. The molecule has 1 unspecified atom stereocenters. The summed E-state index contributed by atoms with van der Waals surface area (Å²) >= 11 is 0. The molecule has 3 N–H and O–H groups in total. The Labute approximate surface area is 107 Å². The van der Waals surface area contributed by atoms with E-state index in [1.54, 1.807) is 0 Å². The molecular weight excluding hydrogens is 258 g/mol. The van der Waals surface area contributed by atoms with Crippen LogP contribution < -0.4 is 5.73 Å². The second kappa shape index (κ2) is 4.76. The fraction of sp³-hybridized carbons (Fsp3) is 0.900. The van der Waals surface area contributed by atoms with E-state index < -0.39 is 21.7 Å². The number of carboxylic acids is 1. The van der Waals surface area contributed by atoms with Crippen LogP contribution in [0.1, 0.15) is 25.7 Å². The van der Waals surface area contributed by atoms with Crippen molar-refractivity contribution in [1.29, 1.82) is 0 Å². The normalized spacial score (nSPS) is 31.6. The molecule has 0 aliphatic carbocycles. The van der Waals surface area contributed by atoms with Crippen LogP contribution in [0.5, 0.6) is 0 Å². The summed E-state index contributed by atoms with van der Waals surface area (Å²) in [5.41, 5.74) is 4.25. The number of rotatable bonds is 3. The summed E-state index contributed by atoms with van der Waals surface area (Å²) in [6.07, 6.45) is 2.93. The lowest BCUT2D eigenvalue weighted by Gasteiger charge is -2.30. The van der Waals surface area contributed by atoms with Crippen LogP contribution in [0.3, 0.4) is 0 Å². The largest absolute Gasteiger partial charge is 0.480 e. The molecule has 0 spiro atoms. The van der Waals surface area contributed by atoms with Gasteiger partial charge in [0, 0.05) is 26.2 Å². The Balaban J connectivity index is 2.10. The van der Waals surface area contributed by atoms with Crippen LogP contribution in [0, 0.1) is 0 Å².